The maximum atomic E-state index is 8.68. The summed E-state index contributed by atoms with van der Waals surface area (Å²) in [7, 11) is 0. The number of aromatic nitrogens is 5. The lowest BCUT2D eigenvalue weighted by Crippen LogP contribution is -1.86. The van der Waals surface area contributed by atoms with E-state index in [2.05, 4.69) is 24.9 Å². The minimum absolute atomic E-state index is 0.518. The van der Waals surface area contributed by atoms with Crippen LogP contribution in [0.5, 0.6) is 0 Å². The van der Waals surface area contributed by atoms with Crippen LogP contribution in [-0.4, -0.2) is 24.9 Å². The summed E-state index contributed by atoms with van der Waals surface area (Å²) < 4.78 is 0. The first kappa shape index (κ1) is 9.42. The third-order valence-electron chi connectivity index (χ3n) is 2.30. The molecule has 3 aromatic rings. The molecule has 0 aliphatic heterocycles. The highest BCUT2D eigenvalue weighted by Crippen LogP contribution is 2.16. The van der Waals surface area contributed by atoms with Crippen LogP contribution < -0.4 is 0 Å². The van der Waals surface area contributed by atoms with Gasteiger partial charge < -0.3 is 4.98 Å². The Kier molecular flexibility index (Phi) is 2.02. The zero-order valence-corrected chi connectivity index (χ0v) is 8.62. The van der Waals surface area contributed by atoms with Crippen molar-refractivity contribution >= 4 is 11.2 Å². The molecule has 17 heavy (non-hydrogen) atoms. The summed E-state index contributed by atoms with van der Waals surface area (Å²) in [6, 6.07) is 5.45. The van der Waals surface area contributed by atoms with Crippen molar-refractivity contribution in [3.8, 4) is 17.6 Å². The highest BCUT2D eigenvalue weighted by molar-refractivity contribution is 5.73. The third-order valence-corrected chi connectivity index (χ3v) is 2.30. The van der Waals surface area contributed by atoms with Crippen LogP contribution >= 0.6 is 0 Å². The van der Waals surface area contributed by atoms with Crippen molar-refractivity contribution < 1.29 is 0 Å². The molecule has 0 spiro atoms. The molecule has 1 N–H and O–H groups in total. The Bertz CT molecular complexity index is 674. The molecule has 0 aromatic carbocycles. The third kappa shape index (κ3) is 1.59. The summed E-state index contributed by atoms with van der Waals surface area (Å²) in [5, 5.41) is 8.68. The number of hydrogen-bond acceptors (Lipinski definition) is 5. The first-order valence-electron chi connectivity index (χ1n) is 4.89. The van der Waals surface area contributed by atoms with E-state index in [4.69, 9.17) is 5.26 Å². The first-order valence-corrected chi connectivity index (χ1v) is 4.89. The molecule has 3 aromatic heterocycles. The van der Waals surface area contributed by atoms with Crippen molar-refractivity contribution in [2.75, 3.05) is 0 Å². The van der Waals surface area contributed by atoms with Gasteiger partial charge in [-0.2, -0.15) is 5.26 Å². The number of hydrogen-bond donors (Lipinski definition) is 1. The monoisotopic (exact) mass is 222 g/mol. The largest absolute Gasteiger partial charge is 0.334 e. The van der Waals surface area contributed by atoms with Crippen molar-refractivity contribution in [1.82, 2.24) is 24.9 Å². The summed E-state index contributed by atoms with van der Waals surface area (Å²) in [6.07, 6.45) is 4.61. The van der Waals surface area contributed by atoms with Gasteiger partial charge in [-0.25, -0.2) is 15.0 Å². The molecule has 0 amide bonds. The topological polar surface area (TPSA) is 91.1 Å². The van der Waals surface area contributed by atoms with Crippen LogP contribution in [0.1, 0.15) is 5.56 Å². The van der Waals surface area contributed by atoms with Gasteiger partial charge in [-0.1, -0.05) is 0 Å². The van der Waals surface area contributed by atoms with Crippen LogP contribution in [0.3, 0.4) is 0 Å². The zero-order valence-electron chi connectivity index (χ0n) is 8.62. The molecule has 6 nitrogen and oxygen atoms in total. The van der Waals surface area contributed by atoms with Crippen LogP contribution in [0, 0.1) is 11.3 Å². The van der Waals surface area contributed by atoms with E-state index >= 15 is 0 Å². The summed E-state index contributed by atoms with van der Waals surface area (Å²) in [5.41, 5.74) is 2.54. The Morgan fingerprint density at radius 3 is 2.82 bits per heavy atom. The van der Waals surface area contributed by atoms with Gasteiger partial charge in [0.1, 0.15) is 23.6 Å². The predicted octanol–water partition coefficient (Wildman–Crippen LogP) is 1.29. The van der Waals surface area contributed by atoms with E-state index in [0.29, 0.717) is 22.7 Å². The fourth-order valence-electron chi connectivity index (χ4n) is 1.48. The van der Waals surface area contributed by atoms with E-state index in [9.17, 15) is 0 Å². The van der Waals surface area contributed by atoms with Crippen molar-refractivity contribution in [2.24, 2.45) is 0 Å². The van der Waals surface area contributed by atoms with Crippen LogP contribution in [-0.2, 0) is 0 Å². The molecular weight excluding hydrogens is 216 g/mol. The molecule has 6 heteroatoms. The molecule has 0 atom stereocenters. The van der Waals surface area contributed by atoms with E-state index < -0.39 is 0 Å². The molecule has 0 bridgehead atoms. The van der Waals surface area contributed by atoms with Crippen molar-refractivity contribution in [1.29, 1.82) is 5.26 Å². The second kappa shape index (κ2) is 3.64. The molecule has 3 heterocycles. The number of fused-ring (bicyclic) bond motifs is 1. The van der Waals surface area contributed by atoms with Gasteiger partial charge >= 0.3 is 0 Å². The lowest BCUT2D eigenvalue weighted by Gasteiger charge is -1.94. The van der Waals surface area contributed by atoms with Gasteiger partial charge in [-0.05, 0) is 12.1 Å². The molecule has 0 radical (unpaired) electrons. The minimum Gasteiger partial charge on any atom is -0.334 e. The number of nitriles is 1. The number of aromatic amines is 1. The lowest BCUT2D eigenvalue weighted by molar-refractivity contribution is 1.19. The van der Waals surface area contributed by atoms with Gasteiger partial charge in [0.15, 0.2) is 11.5 Å². The van der Waals surface area contributed by atoms with Gasteiger partial charge in [0.2, 0.25) is 0 Å². The highest BCUT2D eigenvalue weighted by Gasteiger charge is 2.06. The summed E-state index contributed by atoms with van der Waals surface area (Å²) in [5.74, 6) is 0.616. The molecule has 0 aliphatic rings. The Morgan fingerprint density at radius 2 is 2.12 bits per heavy atom. The van der Waals surface area contributed by atoms with E-state index in [1.165, 1.54) is 12.5 Å². The van der Waals surface area contributed by atoms with E-state index in [1.807, 2.05) is 6.07 Å². The normalized spacial score (nSPS) is 10.3. The van der Waals surface area contributed by atoms with Crippen LogP contribution in [0.4, 0.5) is 0 Å². The molecule has 80 valence electrons. The van der Waals surface area contributed by atoms with Gasteiger partial charge in [-0.3, -0.25) is 4.98 Å². The number of pyridine rings is 1. The smallest absolute Gasteiger partial charge is 0.181 e. The Hall–Kier alpha value is -2.81. The number of imidazole rings is 1. The molecular formula is C11H6N6. The Balaban J connectivity index is 2.11. The van der Waals surface area contributed by atoms with Gasteiger partial charge in [-0.15, -0.1) is 0 Å². The number of nitrogens with zero attached hydrogens (tertiary/aromatic N) is 5. The fraction of sp³-hybridized carbons (Fsp3) is 0. The van der Waals surface area contributed by atoms with Crippen molar-refractivity contribution in [2.45, 2.75) is 0 Å². The minimum atomic E-state index is 0.518. The van der Waals surface area contributed by atoms with Crippen molar-refractivity contribution in [3.05, 3.63) is 36.4 Å². The van der Waals surface area contributed by atoms with E-state index in [-0.39, 0.29) is 0 Å². The maximum Gasteiger partial charge on any atom is 0.181 e. The molecule has 0 fully saturated rings. The first-order chi connectivity index (χ1) is 8.36. The molecule has 0 saturated carbocycles. The summed E-state index contributed by atoms with van der Waals surface area (Å²) in [4.78, 5) is 19.4. The number of rotatable bonds is 1. The predicted molar refractivity (Wildman–Crippen MR) is 59.6 cm³/mol. The molecule has 3 rings (SSSR count). The van der Waals surface area contributed by atoms with Crippen LogP contribution in [0.15, 0.2) is 30.9 Å². The zero-order chi connectivity index (χ0) is 11.7. The second-order valence-corrected chi connectivity index (χ2v) is 3.39. The average molecular weight is 222 g/mol. The van der Waals surface area contributed by atoms with Gasteiger partial charge in [0.05, 0.1) is 11.8 Å². The van der Waals surface area contributed by atoms with Crippen molar-refractivity contribution in [3.63, 3.8) is 0 Å². The average Bonchev–Trinajstić information content (AvgIpc) is 2.82. The van der Waals surface area contributed by atoms with E-state index in [1.54, 1.807) is 18.3 Å². The molecule has 0 saturated heterocycles. The fourth-order valence-corrected chi connectivity index (χ4v) is 1.48. The molecule has 0 aliphatic carbocycles. The summed E-state index contributed by atoms with van der Waals surface area (Å²) >= 11 is 0. The quantitative estimate of drug-likeness (QED) is 0.669. The van der Waals surface area contributed by atoms with Crippen LogP contribution in [0.2, 0.25) is 0 Å². The van der Waals surface area contributed by atoms with Crippen LogP contribution in [0.25, 0.3) is 22.7 Å². The standard InChI is InChI=1S/C11H6N6/c12-3-7-1-2-8(14-4-7)11-16-9-5-13-6-15-10(9)17-11/h1-2,4-6H,(H,13,15,16,17). The maximum absolute atomic E-state index is 8.68. The second-order valence-electron chi connectivity index (χ2n) is 3.39. The highest BCUT2D eigenvalue weighted by atomic mass is 15.0. The lowest BCUT2D eigenvalue weighted by atomic mass is 10.2. The number of nitrogens with one attached hydrogen (secondary N) is 1. The number of H-pyrrole nitrogens is 1. The molecule has 0 unspecified atom stereocenters. The summed E-state index contributed by atoms with van der Waals surface area (Å²) in [6.45, 7) is 0. The van der Waals surface area contributed by atoms with Gasteiger partial charge in [0, 0.05) is 6.20 Å². The Morgan fingerprint density at radius 1 is 1.18 bits per heavy atom. The van der Waals surface area contributed by atoms with E-state index in [0.717, 1.165) is 5.52 Å². The Labute approximate surface area is 96.0 Å². The SMILES string of the molecule is N#Cc1ccc(-c2nc3ncncc3[nH]2)nc1. The van der Waals surface area contributed by atoms with Gasteiger partial charge in [0.25, 0.3) is 0 Å².